The zero-order valence-electron chi connectivity index (χ0n) is 17.4. The van der Waals surface area contributed by atoms with Crippen LogP contribution in [0.4, 0.5) is 10.5 Å². The molecule has 1 N–H and O–H groups in total. The molecule has 0 aromatic heterocycles. The van der Waals surface area contributed by atoms with E-state index in [4.69, 9.17) is 23.2 Å². The summed E-state index contributed by atoms with van der Waals surface area (Å²) in [6, 6.07) is 15.4. The van der Waals surface area contributed by atoms with Crippen LogP contribution in [0.2, 0.25) is 10.0 Å². The van der Waals surface area contributed by atoms with E-state index in [1.165, 1.54) is 0 Å². The monoisotopic (exact) mass is 432 g/mol. The van der Waals surface area contributed by atoms with Crippen LogP contribution in [0.15, 0.2) is 48.5 Å². The Hall–Kier alpha value is -1.71. The van der Waals surface area contributed by atoms with E-state index in [0.717, 1.165) is 31.2 Å². The summed E-state index contributed by atoms with van der Waals surface area (Å²) in [6.07, 6.45) is 4.30. The van der Waals surface area contributed by atoms with Crippen molar-refractivity contribution in [2.75, 3.05) is 5.32 Å². The van der Waals surface area contributed by atoms with E-state index in [-0.39, 0.29) is 12.1 Å². The highest BCUT2D eigenvalue weighted by molar-refractivity contribution is 6.39. The summed E-state index contributed by atoms with van der Waals surface area (Å²) in [6.45, 7) is 7.50. The van der Waals surface area contributed by atoms with Gasteiger partial charge in [-0.15, -0.1) is 0 Å². The van der Waals surface area contributed by atoms with Crippen LogP contribution in [0.3, 0.4) is 0 Å². The van der Waals surface area contributed by atoms with Crippen molar-refractivity contribution in [3.8, 4) is 0 Å². The zero-order valence-corrected chi connectivity index (χ0v) is 18.9. The molecule has 0 spiro atoms. The smallest absolute Gasteiger partial charge is 0.317 e. The third-order valence-electron chi connectivity index (χ3n) is 6.01. The highest BCUT2D eigenvalue weighted by Gasteiger charge is 2.34. The van der Waals surface area contributed by atoms with E-state index in [1.807, 2.05) is 23.1 Å². The Morgan fingerprint density at radius 1 is 0.966 bits per heavy atom. The summed E-state index contributed by atoms with van der Waals surface area (Å²) >= 11 is 12.6. The highest BCUT2D eigenvalue weighted by atomic mass is 35.5. The quantitative estimate of drug-likeness (QED) is 0.528. The summed E-state index contributed by atoms with van der Waals surface area (Å²) < 4.78 is 0. The van der Waals surface area contributed by atoms with Gasteiger partial charge < -0.3 is 10.2 Å². The van der Waals surface area contributed by atoms with Gasteiger partial charge in [-0.05, 0) is 54.7 Å². The Morgan fingerprint density at radius 2 is 1.55 bits per heavy atom. The number of amides is 2. The molecule has 0 unspecified atom stereocenters. The molecule has 3 nitrogen and oxygen atoms in total. The molecule has 1 fully saturated rings. The predicted octanol–water partition coefficient (Wildman–Crippen LogP) is 7.63. The number of halogens is 2. The second-order valence-electron chi connectivity index (χ2n) is 9.01. The van der Waals surface area contributed by atoms with E-state index in [0.29, 0.717) is 33.6 Å². The predicted molar refractivity (Wildman–Crippen MR) is 123 cm³/mol. The van der Waals surface area contributed by atoms with Gasteiger partial charge in [0.25, 0.3) is 0 Å². The van der Waals surface area contributed by atoms with Crippen LogP contribution in [0.25, 0.3) is 0 Å². The molecule has 1 aliphatic rings. The lowest BCUT2D eigenvalue weighted by Crippen LogP contribution is -2.45. The van der Waals surface area contributed by atoms with E-state index in [9.17, 15) is 4.79 Å². The van der Waals surface area contributed by atoms with Gasteiger partial charge in [0.15, 0.2) is 0 Å². The number of rotatable bonds is 4. The second-order valence-corrected chi connectivity index (χ2v) is 9.83. The topological polar surface area (TPSA) is 32.3 Å². The Labute approximate surface area is 184 Å². The number of hydrogen-bond acceptors (Lipinski definition) is 1. The Kier molecular flexibility index (Phi) is 7.13. The van der Waals surface area contributed by atoms with Crippen LogP contribution < -0.4 is 5.32 Å². The van der Waals surface area contributed by atoms with Gasteiger partial charge in [-0.2, -0.15) is 0 Å². The molecule has 0 atom stereocenters. The van der Waals surface area contributed by atoms with Crippen molar-refractivity contribution in [2.24, 2.45) is 11.3 Å². The van der Waals surface area contributed by atoms with Gasteiger partial charge in [0.1, 0.15) is 0 Å². The van der Waals surface area contributed by atoms with Gasteiger partial charge in [0.2, 0.25) is 0 Å². The Morgan fingerprint density at radius 3 is 2.10 bits per heavy atom. The van der Waals surface area contributed by atoms with Gasteiger partial charge in [0.05, 0.1) is 15.7 Å². The van der Waals surface area contributed by atoms with Gasteiger partial charge in [0, 0.05) is 12.6 Å². The molecular weight excluding hydrogens is 403 g/mol. The molecule has 0 bridgehead atoms. The van der Waals surface area contributed by atoms with Crippen LogP contribution in [-0.2, 0) is 6.54 Å². The molecule has 0 saturated heterocycles. The van der Waals surface area contributed by atoms with Crippen molar-refractivity contribution < 1.29 is 4.79 Å². The highest BCUT2D eigenvalue weighted by Crippen LogP contribution is 2.39. The lowest BCUT2D eigenvalue weighted by atomic mass is 9.71. The number of benzene rings is 2. The van der Waals surface area contributed by atoms with Crippen molar-refractivity contribution >= 4 is 34.9 Å². The lowest BCUT2D eigenvalue weighted by Gasteiger charge is -2.41. The number of para-hydroxylation sites is 1. The van der Waals surface area contributed by atoms with Crippen LogP contribution in [-0.4, -0.2) is 17.0 Å². The Balaban J connectivity index is 1.79. The van der Waals surface area contributed by atoms with Crippen LogP contribution >= 0.6 is 23.2 Å². The SMILES string of the molecule is CC(C)(C)[C@H]1CC[C@H](N(Cc2ccccc2)C(=O)Nc2c(Cl)cccc2Cl)CC1. The molecule has 0 radical (unpaired) electrons. The van der Waals surface area contributed by atoms with E-state index in [1.54, 1.807) is 18.2 Å². The fourth-order valence-electron chi connectivity index (χ4n) is 4.20. The normalized spacial score (nSPS) is 19.6. The first-order chi connectivity index (χ1) is 13.8. The molecule has 3 rings (SSSR count). The number of anilines is 1. The van der Waals surface area contributed by atoms with Crippen LogP contribution in [0.5, 0.6) is 0 Å². The first kappa shape index (κ1) is 22.0. The maximum atomic E-state index is 13.3. The van der Waals surface area contributed by atoms with Crippen LogP contribution in [0.1, 0.15) is 52.0 Å². The average molecular weight is 433 g/mol. The third kappa shape index (κ3) is 5.67. The van der Waals surface area contributed by atoms with Crippen molar-refractivity contribution in [1.82, 2.24) is 4.90 Å². The number of nitrogens with zero attached hydrogens (tertiary/aromatic N) is 1. The molecular formula is C24H30Cl2N2O. The van der Waals surface area contributed by atoms with E-state index in [2.05, 4.69) is 38.2 Å². The van der Waals surface area contributed by atoms with Gasteiger partial charge >= 0.3 is 6.03 Å². The number of carbonyl (C=O) groups is 1. The molecule has 156 valence electrons. The first-order valence-corrected chi connectivity index (χ1v) is 11.1. The number of carbonyl (C=O) groups excluding carboxylic acids is 1. The van der Waals surface area contributed by atoms with Gasteiger partial charge in [-0.25, -0.2) is 4.79 Å². The fourth-order valence-corrected chi connectivity index (χ4v) is 4.69. The van der Waals surface area contributed by atoms with Crippen molar-refractivity contribution in [1.29, 1.82) is 0 Å². The first-order valence-electron chi connectivity index (χ1n) is 10.3. The summed E-state index contributed by atoms with van der Waals surface area (Å²) in [5, 5.41) is 3.85. The summed E-state index contributed by atoms with van der Waals surface area (Å²) in [4.78, 5) is 15.2. The van der Waals surface area contributed by atoms with Gasteiger partial charge in [-0.1, -0.05) is 80.4 Å². The molecule has 5 heteroatoms. The Bertz CT molecular complexity index is 804. The molecule has 1 aliphatic carbocycles. The molecule has 1 saturated carbocycles. The molecule has 0 aliphatic heterocycles. The molecule has 2 amide bonds. The molecule has 2 aromatic carbocycles. The molecule has 2 aromatic rings. The number of nitrogens with one attached hydrogen (secondary N) is 1. The van der Waals surface area contributed by atoms with Gasteiger partial charge in [-0.3, -0.25) is 0 Å². The standard InChI is InChI=1S/C24H30Cl2N2O/c1-24(2,3)18-12-14-19(15-13-18)28(16-17-8-5-4-6-9-17)23(29)27-22-20(25)10-7-11-21(22)26/h4-11,18-19H,12-16H2,1-3H3,(H,27,29)/t18-,19-. The third-order valence-corrected chi connectivity index (χ3v) is 6.64. The zero-order chi connectivity index (χ0) is 21.0. The number of urea groups is 1. The fraction of sp³-hybridized carbons (Fsp3) is 0.458. The largest absolute Gasteiger partial charge is 0.322 e. The lowest BCUT2D eigenvalue weighted by molar-refractivity contribution is 0.110. The van der Waals surface area contributed by atoms with Crippen molar-refractivity contribution in [3.63, 3.8) is 0 Å². The second kappa shape index (κ2) is 9.40. The molecule has 0 heterocycles. The maximum Gasteiger partial charge on any atom is 0.322 e. The van der Waals surface area contributed by atoms with E-state index >= 15 is 0 Å². The maximum absolute atomic E-state index is 13.3. The summed E-state index contributed by atoms with van der Waals surface area (Å²) in [7, 11) is 0. The number of hydrogen-bond donors (Lipinski definition) is 1. The minimum Gasteiger partial charge on any atom is -0.317 e. The minimum absolute atomic E-state index is 0.150. The van der Waals surface area contributed by atoms with Crippen molar-refractivity contribution in [2.45, 2.75) is 59.0 Å². The van der Waals surface area contributed by atoms with Crippen molar-refractivity contribution in [3.05, 3.63) is 64.1 Å². The minimum atomic E-state index is -0.150. The van der Waals surface area contributed by atoms with E-state index < -0.39 is 0 Å². The molecule has 29 heavy (non-hydrogen) atoms. The van der Waals surface area contributed by atoms with Crippen LogP contribution in [0, 0.1) is 11.3 Å². The summed E-state index contributed by atoms with van der Waals surface area (Å²) in [5.74, 6) is 0.693. The average Bonchev–Trinajstić information content (AvgIpc) is 2.69. The summed E-state index contributed by atoms with van der Waals surface area (Å²) in [5.41, 5.74) is 1.90.